The summed E-state index contributed by atoms with van der Waals surface area (Å²) in [4.78, 5) is 0. The smallest absolute Gasteiger partial charge is 0.0682 e. The van der Waals surface area contributed by atoms with Gasteiger partial charge in [0.1, 0.15) is 0 Å². The van der Waals surface area contributed by atoms with E-state index in [9.17, 15) is 0 Å². The minimum Gasteiger partial charge on any atom is -0.0682 e. The molecule has 0 saturated heterocycles. The quantitative estimate of drug-likeness (QED) is 0.352. The van der Waals surface area contributed by atoms with Gasteiger partial charge in [-0.05, 0) is 18.3 Å². The van der Waals surface area contributed by atoms with Gasteiger partial charge >= 0.3 is 0 Å². The SMILES string of the molecule is C1CC2CCC1C2.CCC[Si](C)(C)c1ccc([SiH](C)C)cc1.C[SiH](C)c1ccc([Si](C)(C)C)cc1. The first kappa shape index (κ1) is 30.5. The molecule has 2 aliphatic carbocycles. The average Bonchev–Trinajstić information content (AvgIpc) is 3.46. The van der Waals surface area contributed by atoms with E-state index < -0.39 is 33.7 Å². The minimum atomic E-state index is -1.12. The molecule has 0 aromatic heterocycles. The lowest BCUT2D eigenvalue weighted by Gasteiger charge is -2.22. The van der Waals surface area contributed by atoms with Crippen LogP contribution in [0.3, 0.4) is 0 Å². The summed E-state index contributed by atoms with van der Waals surface area (Å²) in [6.07, 6.45) is 9.14. The van der Waals surface area contributed by atoms with E-state index in [1.54, 1.807) is 52.9 Å². The molecule has 4 rings (SSSR count). The van der Waals surface area contributed by atoms with Crippen LogP contribution in [-0.4, -0.2) is 33.7 Å². The van der Waals surface area contributed by atoms with Gasteiger partial charge in [-0.25, -0.2) is 0 Å². The van der Waals surface area contributed by atoms with Crippen LogP contribution in [0.25, 0.3) is 0 Å². The van der Waals surface area contributed by atoms with Crippen LogP contribution in [0, 0.1) is 11.8 Å². The summed E-state index contributed by atoms with van der Waals surface area (Å²) in [6, 6.07) is 20.3. The molecule has 2 bridgehead atoms. The molecule has 196 valence electrons. The van der Waals surface area contributed by atoms with Gasteiger partial charge in [0.25, 0.3) is 0 Å². The Morgan fingerprint density at radius 1 is 0.629 bits per heavy atom. The minimum absolute atomic E-state index is 0.588. The van der Waals surface area contributed by atoms with Crippen LogP contribution in [0.4, 0.5) is 0 Å². The zero-order chi connectivity index (χ0) is 26.2. The molecule has 0 aliphatic heterocycles. The molecule has 2 aliphatic rings. The van der Waals surface area contributed by atoms with Crippen molar-refractivity contribution >= 4 is 54.5 Å². The highest BCUT2D eigenvalue weighted by atomic mass is 28.3. The molecule has 0 nitrogen and oxygen atoms in total. The highest BCUT2D eigenvalue weighted by Gasteiger charge is 2.30. The second kappa shape index (κ2) is 13.7. The van der Waals surface area contributed by atoms with Crippen molar-refractivity contribution in [1.29, 1.82) is 0 Å². The Morgan fingerprint density at radius 2 is 1.00 bits per heavy atom. The number of rotatable bonds is 6. The van der Waals surface area contributed by atoms with E-state index in [1.165, 1.54) is 24.3 Å². The van der Waals surface area contributed by atoms with Crippen LogP contribution >= 0.6 is 0 Å². The van der Waals surface area contributed by atoms with Crippen LogP contribution in [0.5, 0.6) is 0 Å². The maximum Gasteiger partial charge on any atom is 0.0806 e. The highest BCUT2D eigenvalue weighted by molar-refractivity contribution is 6.90. The zero-order valence-electron chi connectivity index (χ0n) is 24.9. The topological polar surface area (TPSA) is 0 Å². The molecule has 0 N–H and O–H groups in total. The Hall–Kier alpha value is -0.692. The molecule has 2 fully saturated rings. The van der Waals surface area contributed by atoms with Crippen LogP contribution in [-0.2, 0) is 0 Å². The number of hydrogen-bond donors (Lipinski definition) is 0. The summed E-state index contributed by atoms with van der Waals surface area (Å²) >= 11 is 0. The Kier molecular flexibility index (Phi) is 12.0. The Balaban J connectivity index is 0.000000195. The fourth-order valence-electron chi connectivity index (χ4n) is 5.63. The van der Waals surface area contributed by atoms with Crippen molar-refractivity contribution in [2.75, 3.05) is 0 Å². The van der Waals surface area contributed by atoms with Crippen molar-refractivity contribution in [3.05, 3.63) is 48.5 Å². The lowest BCUT2D eigenvalue weighted by atomic mass is 10.0. The van der Waals surface area contributed by atoms with Crippen molar-refractivity contribution in [2.45, 2.75) is 110 Å². The summed E-state index contributed by atoms with van der Waals surface area (Å²) in [6.45, 7) is 24.0. The first-order valence-corrected chi connectivity index (χ1v) is 27.0. The molecule has 0 heterocycles. The lowest BCUT2D eigenvalue weighted by Crippen LogP contribution is -2.41. The van der Waals surface area contributed by atoms with E-state index >= 15 is 0 Å². The summed E-state index contributed by atoms with van der Waals surface area (Å²) in [7, 11) is -3.39. The van der Waals surface area contributed by atoms with Gasteiger partial charge in [-0.15, -0.1) is 0 Å². The van der Waals surface area contributed by atoms with Crippen LogP contribution in [0.15, 0.2) is 48.5 Å². The van der Waals surface area contributed by atoms with E-state index in [-0.39, 0.29) is 0 Å². The van der Waals surface area contributed by atoms with Crippen LogP contribution in [0.1, 0.15) is 45.4 Å². The van der Waals surface area contributed by atoms with Gasteiger partial charge in [-0.2, -0.15) is 0 Å². The molecular formula is C31H56Si4. The van der Waals surface area contributed by atoms with E-state index in [2.05, 4.69) is 114 Å². The predicted octanol–water partition coefficient (Wildman–Crippen LogP) is 6.83. The molecule has 2 aromatic carbocycles. The summed E-state index contributed by atoms with van der Waals surface area (Å²) < 4.78 is 0. The molecule has 35 heavy (non-hydrogen) atoms. The number of fused-ring (bicyclic) bond motifs is 2. The van der Waals surface area contributed by atoms with Crippen molar-refractivity contribution < 1.29 is 0 Å². The first-order chi connectivity index (χ1) is 16.3. The third-order valence-corrected chi connectivity index (χ3v) is 17.5. The third-order valence-electron chi connectivity index (χ3n) is 8.31. The Morgan fingerprint density at radius 3 is 1.26 bits per heavy atom. The highest BCUT2D eigenvalue weighted by Crippen LogP contribution is 2.43. The molecule has 2 saturated carbocycles. The normalized spacial score (nSPS) is 19.3. The van der Waals surface area contributed by atoms with E-state index in [1.807, 2.05) is 0 Å². The van der Waals surface area contributed by atoms with Crippen molar-refractivity contribution in [2.24, 2.45) is 11.8 Å². The van der Waals surface area contributed by atoms with Crippen LogP contribution in [0.2, 0.25) is 65.0 Å². The average molecular weight is 541 g/mol. The van der Waals surface area contributed by atoms with Gasteiger partial charge in [-0.1, -0.05) is 173 Å². The predicted molar refractivity (Wildman–Crippen MR) is 175 cm³/mol. The standard InChI is InChI=1S/C13H24Si2.C11H20Si2.C7H12/c1-6-11-15(4,5)13-9-7-12(8-10-13)14(2)3;1-12(2)10-6-8-11(9-7-10)13(3,4)5;1-2-7-4-3-6(1)5-7/h7-10,14H,6,11H2,1-5H3;6-9,12H,1-5H3;6-7H,1-5H2. The van der Waals surface area contributed by atoms with Gasteiger partial charge in [0.2, 0.25) is 0 Å². The molecule has 2 aromatic rings. The first-order valence-electron chi connectivity index (χ1n) is 14.5. The molecule has 4 heteroatoms. The maximum absolute atomic E-state index is 2.48. The van der Waals surface area contributed by atoms with Crippen molar-refractivity contribution in [3.8, 4) is 0 Å². The van der Waals surface area contributed by atoms with Crippen LogP contribution < -0.4 is 20.7 Å². The second-order valence-electron chi connectivity index (χ2n) is 13.6. The molecule has 0 spiro atoms. The van der Waals surface area contributed by atoms with Gasteiger partial charge in [0, 0.05) is 0 Å². The van der Waals surface area contributed by atoms with Crippen molar-refractivity contribution in [3.63, 3.8) is 0 Å². The van der Waals surface area contributed by atoms with E-state index in [0.29, 0.717) is 0 Å². The molecule has 0 unspecified atom stereocenters. The molecule has 0 atom stereocenters. The van der Waals surface area contributed by atoms with E-state index in [4.69, 9.17) is 0 Å². The second-order valence-corrected chi connectivity index (χ2v) is 29.4. The summed E-state index contributed by atoms with van der Waals surface area (Å²) in [5.41, 5.74) is 0. The van der Waals surface area contributed by atoms with E-state index in [0.717, 1.165) is 0 Å². The fourth-order valence-corrected chi connectivity index (χ4v) is 11.3. The summed E-state index contributed by atoms with van der Waals surface area (Å²) in [5, 5.41) is 6.38. The fraction of sp³-hybridized carbons (Fsp3) is 0.613. The monoisotopic (exact) mass is 540 g/mol. The molecular weight excluding hydrogens is 485 g/mol. The Bertz CT molecular complexity index is 842. The Labute approximate surface area is 224 Å². The maximum atomic E-state index is 2.48. The zero-order valence-corrected chi connectivity index (χ0v) is 29.2. The van der Waals surface area contributed by atoms with Gasteiger partial charge < -0.3 is 0 Å². The van der Waals surface area contributed by atoms with Gasteiger partial charge in [0.05, 0.1) is 33.7 Å². The van der Waals surface area contributed by atoms with Gasteiger partial charge in [-0.3, -0.25) is 0 Å². The third kappa shape index (κ3) is 9.94. The molecule has 0 amide bonds. The number of benzene rings is 2. The largest absolute Gasteiger partial charge is 0.0806 e. The molecule has 0 radical (unpaired) electrons. The van der Waals surface area contributed by atoms with Gasteiger partial charge in [0.15, 0.2) is 0 Å². The number of hydrogen-bond acceptors (Lipinski definition) is 0. The lowest BCUT2D eigenvalue weighted by molar-refractivity contribution is 0.480. The van der Waals surface area contributed by atoms with Crippen molar-refractivity contribution in [1.82, 2.24) is 0 Å². The summed E-state index contributed by atoms with van der Waals surface area (Å²) in [5.74, 6) is 2.34.